The Kier molecular flexibility index (Phi) is 7.61. The summed E-state index contributed by atoms with van der Waals surface area (Å²) >= 11 is 0. The first-order chi connectivity index (χ1) is 13.3. The van der Waals surface area contributed by atoms with Gasteiger partial charge in [0.15, 0.2) is 6.10 Å². The molecule has 0 saturated heterocycles. The average Bonchev–Trinajstić information content (AvgIpc) is 2.66. The molecule has 0 radical (unpaired) electrons. The highest BCUT2D eigenvalue weighted by Gasteiger charge is 2.16. The second-order valence-electron chi connectivity index (χ2n) is 7.14. The van der Waals surface area contributed by atoms with Crippen LogP contribution < -0.4 is 10.1 Å². The highest BCUT2D eigenvalue weighted by atomic mass is 16.5. The van der Waals surface area contributed by atoms with E-state index >= 15 is 0 Å². The Morgan fingerprint density at radius 3 is 2.29 bits per heavy atom. The summed E-state index contributed by atoms with van der Waals surface area (Å²) in [6.45, 7) is 10.4. The molecule has 1 unspecified atom stereocenters. The summed E-state index contributed by atoms with van der Waals surface area (Å²) in [5.41, 5.74) is 3.46. The topological polar surface area (TPSA) is 64.6 Å². The van der Waals surface area contributed by atoms with Crippen LogP contribution in [0.25, 0.3) is 0 Å². The van der Waals surface area contributed by atoms with Gasteiger partial charge in [-0.15, -0.1) is 0 Å². The number of aryl methyl sites for hydroxylation is 1. The van der Waals surface area contributed by atoms with Crippen molar-refractivity contribution in [3.8, 4) is 5.75 Å². The van der Waals surface area contributed by atoms with Crippen molar-refractivity contribution < 1.29 is 19.1 Å². The second-order valence-corrected chi connectivity index (χ2v) is 7.14. The maximum Gasteiger partial charge on any atom is 0.338 e. The molecule has 0 heterocycles. The first kappa shape index (κ1) is 21.5. The molecule has 2 rings (SSSR count). The van der Waals surface area contributed by atoms with Gasteiger partial charge in [0.25, 0.3) is 5.91 Å². The standard InChI is InChI=1S/C23H29NO4/c1-6-13-27-23(26)18-7-9-19(10-8-18)24-22(25)17(5)28-20-11-12-21(15(2)3)16(4)14-20/h7-12,14-15,17H,6,13H2,1-5H3,(H,24,25). The number of amides is 1. The molecule has 1 atom stereocenters. The Bertz CT molecular complexity index is 812. The van der Waals surface area contributed by atoms with Crippen molar-refractivity contribution in [3.63, 3.8) is 0 Å². The van der Waals surface area contributed by atoms with E-state index in [1.165, 1.54) is 5.56 Å². The lowest BCUT2D eigenvalue weighted by Crippen LogP contribution is -2.30. The van der Waals surface area contributed by atoms with Gasteiger partial charge in [-0.3, -0.25) is 4.79 Å². The molecule has 5 nitrogen and oxygen atoms in total. The third-order valence-corrected chi connectivity index (χ3v) is 4.37. The molecule has 28 heavy (non-hydrogen) atoms. The monoisotopic (exact) mass is 383 g/mol. The summed E-state index contributed by atoms with van der Waals surface area (Å²) in [4.78, 5) is 24.2. The van der Waals surface area contributed by atoms with Crippen LogP contribution >= 0.6 is 0 Å². The minimum absolute atomic E-state index is 0.258. The summed E-state index contributed by atoms with van der Waals surface area (Å²) in [5.74, 6) is 0.485. The van der Waals surface area contributed by atoms with E-state index < -0.39 is 6.10 Å². The predicted octanol–water partition coefficient (Wildman–Crippen LogP) is 5.09. The van der Waals surface area contributed by atoms with Gasteiger partial charge >= 0.3 is 5.97 Å². The predicted molar refractivity (Wildman–Crippen MR) is 111 cm³/mol. The molecular weight excluding hydrogens is 354 g/mol. The highest BCUT2D eigenvalue weighted by Crippen LogP contribution is 2.24. The largest absolute Gasteiger partial charge is 0.481 e. The number of benzene rings is 2. The van der Waals surface area contributed by atoms with Crippen LogP contribution in [0.4, 0.5) is 5.69 Å². The van der Waals surface area contributed by atoms with Gasteiger partial charge in [0.2, 0.25) is 0 Å². The van der Waals surface area contributed by atoms with Crippen LogP contribution in [0.2, 0.25) is 0 Å². The summed E-state index contributed by atoms with van der Waals surface area (Å²) in [7, 11) is 0. The Morgan fingerprint density at radius 1 is 1.04 bits per heavy atom. The van der Waals surface area contributed by atoms with Gasteiger partial charge in [-0.25, -0.2) is 4.79 Å². The molecule has 2 aromatic carbocycles. The maximum atomic E-state index is 12.4. The average molecular weight is 383 g/mol. The first-order valence-corrected chi connectivity index (χ1v) is 9.67. The van der Waals surface area contributed by atoms with Crippen molar-refractivity contribution in [2.75, 3.05) is 11.9 Å². The van der Waals surface area contributed by atoms with Crippen molar-refractivity contribution in [1.29, 1.82) is 0 Å². The normalized spacial score (nSPS) is 11.8. The van der Waals surface area contributed by atoms with Crippen LogP contribution in [-0.2, 0) is 9.53 Å². The molecular formula is C23H29NO4. The summed E-state index contributed by atoms with van der Waals surface area (Å²) in [5, 5.41) is 2.80. The van der Waals surface area contributed by atoms with Crippen LogP contribution in [0.15, 0.2) is 42.5 Å². The Labute approximate surface area is 167 Å². The van der Waals surface area contributed by atoms with E-state index in [4.69, 9.17) is 9.47 Å². The van der Waals surface area contributed by atoms with Crippen molar-refractivity contribution in [1.82, 2.24) is 0 Å². The lowest BCUT2D eigenvalue weighted by molar-refractivity contribution is -0.122. The van der Waals surface area contributed by atoms with Crippen LogP contribution in [0.3, 0.4) is 0 Å². The molecule has 0 fully saturated rings. The maximum absolute atomic E-state index is 12.4. The number of nitrogens with one attached hydrogen (secondary N) is 1. The SMILES string of the molecule is CCCOC(=O)c1ccc(NC(=O)C(C)Oc2ccc(C(C)C)c(C)c2)cc1. The molecule has 2 aromatic rings. The minimum Gasteiger partial charge on any atom is -0.481 e. The van der Waals surface area contributed by atoms with Gasteiger partial charge in [0, 0.05) is 5.69 Å². The zero-order valence-corrected chi connectivity index (χ0v) is 17.2. The molecule has 0 aliphatic heterocycles. The van der Waals surface area contributed by atoms with E-state index in [2.05, 4.69) is 19.2 Å². The van der Waals surface area contributed by atoms with Gasteiger partial charge < -0.3 is 14.8 Å². The molecule has 1 N–H and O–H groups in total. The molecule has 0 aromatic heterocycles. The smallest absolute Gasteiger partial charge is 0.338 e. The summed E-state index contributed by atoms with van der Waals surface area (Å²) in [6, 6.07) is 12.5. The van der Waals surface area contributed by atoms with Crippen LogP contribution in [0.1, 0.15) is 61.5 Å². The number of hydrogen-bond donors (Lipinski definition) is 1. The molecule has 0 aliphatic carbocycles. The molecule has 1 amide bonds. The number of rotatable bonds is 8. The van der Waals surface area contributed by atoms with E-state index in [9.17, 15) is 9.59 Å². The number of esters is 1. The number of anilines is 1. The number of carbonyl (C=O) groups excluding carboxylic acids is 2. The zero-order chi connectivity index (χ0) is 20.7. The van der Waals surface area contributed by atoms with E-state index in [0.29, 0.717) is 29.5 Å². The van der Waals surface area contributed by atoms with Crippen molar-refractivity contribution in [2.24, 2.45) is 0 Å². The lowest BCUT2D eigenvalue weighted by atomic mass is 9.98. The first-order valence-electron chi connectivity index (χ1n) is 9.67. The van der Waals surface area contributed by atoms with Gasteiger partial charge in [-0.05, 0) is 73.7 Å². The molecule has 0 bridgehead atoms. The Balaban J connectivity index is 1.95. The van der Waals surface area contributed by atoms with Gasteiger partial charge in [0.1, 0.15) is 5.75 Å². The highest BCUT2D eigenvalue weighted by molar-refractivity contribution is 5.95. The van der Waals surface area contributed by atoms with Crippen LogP contribution in [-0.4, -0.2) is 24.6 Å². The molecule has 5 heteroatoms. The third-order valence-electron chi connectivity index (χ3n) is 4.37. The molecule has 0 spiro atoms. The summed E-state index contributed by atoms with van der Waals surface area (Å²) < 4.78 is 10.9. The summed E-state index contributed by atoms with van der Waals surface area (Å²) in [6.07, 6.45) is 0.121. The zero-order valence-electron chi connectivity index (χ0n) is 17.2. The fraction of sp³-hybridized carbons (Fsp3) is 0.391. The van der Waals surface area contributed by atoms with Crippen molar-refractivity contribution >= 4 is 17.6 Å². The Hall–Kier alpha value is -2.82. The molecule has 150 valence electrons. The van der Waals surface area contributed by atoms with Crippen molar-refractivity contribution in [3.05, 3.63) is 59.2 Å². The minimum atomic E-state index is -0.654. The fourth-order valence-corrected chi connectivity index (χ4v) is 2.84. The van der Waals surface area contributed by atoms with Crippen LogP contribution in [0, 0.1) is 6.92 Å². The molecule has 0 aliphatic rings. The Morgan fingerprint density at radius 2 is 1.71 bits per heavy atom. The van der Waals surface area contributed by atoms with E-state index in [1.807, 2.05) is 32.0 Å². The van der Waals surface area contributed by atoms with E-state index in [1.54, 1.807) is 31.2 Å². The molecule has 0 saturated carbocycles. The van der Waals surface area contributed by atoms with Gasteiger partial charge in [-0.2, -0.15) is 0 Å². The lowest BCUT2D eigenvalue weighted by Gasteiger charge is -2.17. The quantitative estimate of drug-likeness (QED) is 0.645. The third kappa shape index (κ3) is 5.84. The van der Waals surface area contributed by atoms with Gasteiger partial charge in [0.05, 0.1) is 12.2 Å². The number of carbonyl (C=O) groups is 2. The van der Waals surface area contributed by atoms with Crippen molar-refractivity contribution in [2.45, 2.75) is 53.1 Å². The fourth-order valence-electron chi connectivity index (χ4n) is 2.84. The number of ether oxygens (including phenoxy) is 2. The number of hydrogen-bond acceptors (Lipinski definition) is 4. The van der Waals surface area contributed by atoms with E-state index in [0.717, 1.165) is 12.0 Å². The van der Waals surface area contributed by atoms with E-state index in [-0.39, 0.29) is 11.9 Å². The second kappa shape index (κ2) is 9.93. The van der Waals surface area contributed by atoms with Crippen LogP contribution in [0.5, 0.6) is 5.75 Å². The van der Waals surface area contributed by atoms with Gasteiger partial charge in [-0.1, -0.05) is 26.8 Å².